The minimum Gasteiger partial charge on any atom is -0.337 e. The van der Waals surface area contributed by atoms with Gasteiger partial charge in [-0.25, -0.2) is 0 Å². The van der Waals surface area contributed by atoms with Gasteiger partial charge in [0.05, 0.1) is 10.9 Å². The van der Waals surface area contributed by atoms with E-state index >= 15 is 0 Å². The van der Waals surface area contributed by atoms with Crippen molar-refractivity contribution in [2.75, 3.05) is 0 Å². The maximum atomic E-state index is 12.3. The molecule has 3 aromatic heterocycles. The Morgan fingerprint density at radius 3 is 2.95 bits per heavy atom. The predicted molar refractivity (Wildman–Crippen MR) is 76.7 cm³/mol. The molecule has 0 fully saturated rings. The van der Waals surface area contributed by atoms with E-state index in [0.717, 1.165) is 4.70 Å². The van der Waals surface area contributed by atoms with E-state index in [1.54, 1.807) is 35.9 Å². The van der Waals surface area contributed by atoms with E-state index in [1.807, 2.05) is 17.5 Å². The van der Waals surface area contributed by atoms with Crippen LogP contribution in [0.2, 0.25) is 0 Å². The van der Waals surface area contributed by atoms with Crippen LogP contribution in [0.1, 0.15) is 25.6 Å². The number of rotatable bonds is 3. The highest BCUT2D eigenvalue weighted by molar-refractivity contribution is 7.17. The second-order valence-electron chi connectivity index (χ2n) is 5.18. The van der Waals surface area contributed by atoms with Crippen LogP contribution in [-0.2, 0) is 12.1 Å². The Bertz CT molecular complexity index is 809. The van der Waals surface area contributed by atoms with Crippen LogP contribution in [0.5, 0.6) is 0 Å². The van der Waals surface area contributed by atoms with Crippen LogP contribution < -0.4 is 11.3 Å². The molecule has 2 N–H and O–H groups in total. The number of nitrogens with zero attached hydrogens (tertiary/aromatic N) is 3. The zero-order chi connectivity index (χ0) is 14.3. The molecule has 0 radical (unpaired) electrons. The van der Waals surface area contributed by atoms with E-state index in [4.69, 9.17) is 10.3 Å². The summed E-state index contributed by atoms with van der Waals surface area (Å²) in [5.74, 6) is 0.798. The first kappa shape index (κ1) is 13.0. The quantitative estimate of drug-likeness (QED) is 0.793. The van der Waals surface area contributed by atoms with Crippen molar-refractivity contribution in [1.82, 2.24) is 14.7 Å². The van der Waals surface area contributed by atoms with Gasteiger partial charge in [0.1, 0.15) is 6.54 Å². The molecular formula is C13H14N4O2S. The lowest BCUT2D eigenvalue weighted by Gasteiger charge is -2.11. The van der Waals surface area contributed by atoms with Gasteiger partial charge in [-0.2, -0.15) is 4.98 Å². The van der Waals surface area contributed by atoms with Gasteiger partial charge in [0.2, 0.25) is 5.89 Å². The average molecular weight is 290 g/mol. The third kappa shape index (κ3) is 2.25. The molecule has 6 nitrogen and oxygen atoms in total. The molecule has 3 aromatic rings. The molecular weight excluding hydrogens is 276 g/mol. The van der Waals surface area contributed by atoms with E-state index < -0.39 is 5.54 Å². The Hall–Kier alpha value is -1.99. The van der Waals surface area contributed by atoms with Crippen LogP contribution in [0, 0.1) is 0 Å². The Kier molecular flexibility index (Phi) is 2.95. The van der Waals surface area contributed by atoms with E-state index in [9.17, 15) is 4.79 Å². The molecule has 20 heavy (non-hydrogen) atoms. The monoisotopic (exact) mass is 290 g/mol. The molecule has 0 aliphatic carbocycles. The third-order valence-electron chi connectivity index (χ3n) is 2.94. The normalized spacial score (nSPS) is 12.2. The molecule has 0 unspecified atom stereocenters. The lowest BCUT2D eigenvalue weighted by atomic mass is 10.1. The molecule has 0 bridgehead atoms. The van der Waals surface area contributed by atoms with Crippen molar-refractivity contribution in [3.63, 3.8) is 0 Å². The SMILES string of the molecule is CC(C)(N)c1noc(Cn2ccc3sccc3c2=O)n1. The van der Waals surface area contributed by atoms with Gasteiger partial charge in [-0.3, -0.25) is 4.79 Å². The van der Waals surface area contributed by atoms with Gasteiger partial charge in [0, 0.05) is 10.9 Å². The zero-order valence-electron chi connectivity index (χ0n) is 11.2. The van der Waals surface area contributed by atoms with Crippen molar-refractivity contribution >= 4 is 21.4 Å². The topological polar surface area (TPSA) is 86.9 Å². The third-order valence-corrected chi connectivity index (χ3v) is 3.82. The molecule has 0 saturated heterocycles. The summed E-state index contributed by atoms with van der Waals surface area (Å²) in [5.41, 5.74) is 5.18. The molecule has 0 amide bonds. The fourth-order valence-corrected chi connectivity index (χ4v) is 2.63. The van der Waals surface area contributed by atoms with Crippen molar-refractivity contribution in [3.8, 4) is 0 Å². The van der Waals surface area contributed by atoms with Gasteiger partial charge in [0.25, 0.3) is 5.56 Å². The van der Waals surface area contributed by atoms with E-state index in [1.165, 1.54) is 0 Å². The number of thiophene rings is 1. The van der Waals surface area contributed by atoms with Crippen LogP contribution >= 0.6 is 11.3 Å². The smallest absolute Gasteiger partial charge is 0.259 e. The fourth-order valence-electron chi connectivity index (χ4n) is 1.86. The Morgan fingerprint density at radius 2 is 2.25 bits per heavy atom. The molecule has 7 heteroatoms. The van der Waals surface area contributed by atoms with Crippen LogP contribution in [0.25, 0.3) is 10.1 Å². The number of hydrogen-bond donors (Lipinski definition) is 1. The molecule has 0 aromatic carbocycles. The first-order chi connectivity index (χ1) is 9.45. The van der Waals surface area contributed by atoms with Crippen LogP contribution in [0.3, 0.4) is 0 Å². The summed E-state index contributed by atoms with van der Waals surface area (Å²) in [4.78, 5) is 16.5. The van der Waals surface area contributed by atoms with E-state index in [-0.39, 0.29) is 12.1 Å². The van der Waals surface area contributed by atoms with Crippen LogP contribution in [0.15, 0.2) is 33.0 Å². The first-order valence-corrected chi connectivity index (χ1v) is 7.02. The lowest BCUT2D eigenvalue weighted by molar-refractivity contribution is 0.354. The highest BCUT2D eigenvalue weighted by atomic mass is 32.1. The molecule has 0 spiro atoms. The summed E-state index contributed by atoms with van der Waals surface area (Å²) in [7, 11) is 0. The summed E-state index contributed by atoms with van der Waals surface area (Å²) >= 11 is 1.54. The fraction of sp³-hybridized carbons (Fsp3) is 0.308. The van der Waals surface area contributed by atoms with Crippen molar-refractivity contribution < 1.29 is 4.52 Å². The standard InChI is InChI=1S/C13H14N4O2S/c1-13(2,14)12-15-10(19-16-12)7-17-5-3-9-8(11(17)18)4-6-20-9/h3-6H,7,14H2,1-2H3. The van der Waals surface area contributed by atoms with Crippen molar-refractivity contribution in [3.05, 3.63) is 45.8 Å². The van der Waals surface area contributed by atoms with E-state index in [2.05, 4.69) is 10.1 Å². The van der Waals surface area contributed by atoms with Crippen molar-refractivity contribution in [2.24, 2.45) is 5.73 Å². The van der Waals surface area contributed by atoms with Crippen molar-refractivity contribution in [1.29, 1.82) is 0 Å². The number of fused-ring (bicyclic) bond motifs is 1. The molecule has 0 atom stereocenters. The Labute approximate surface area is 118 Å². The summed E-state index contributed by atoms with van der Waals surface area (Å²) in [6.45, 7) is 3.84. The molecule has 104 valence electrons. The minimum absolute atomic E-state index is 0.0597. The van der Waals surface area contributed by atoms with Gasteiger partial charge in [-0.15, -0.1) is 11.3 Å². The molecule has 3 heterocycles. The second kappa shape index (κ2) is 4.53. The highest BCUT2D eigenvalue weighted by Crippen LogP contribution is 2.17. The summed E-state index contributed by atoms with van der Waals surface area (Å²) < 4.78 is 7.67. The average Bonchev–Trinajstić information content (AvgIpc) is 3.01. The summed E-state index contributed by atoms with van der Waals surface area (Å²) in [6.07, 6.45) is 1.73. The maximum absolute atomic E-state index is 12.3. The minimum atomic E-state index is -0.663. The molecule has 0 aliphatic heterocycles. The van der Waals surface area contributed by atoms with Gasteiger partial charge in [0.15, 0.2) is 5.82 Å². The Balaban J connectivity index is 1.95. The number of pyridine rings is 1. The lowest BCUT2D eigenvalue weighted by Crippen LogP contribution is -2.30. The number of nitrogens with two attached hydrogens (primary N) is 1. The summed E-state index contributed by atoms with van der Waals surface area (Å²) in [5, 5.41) is 6.45. The van der Waals surface area contributed by atoms with Gasteiger partial charge in [-0.05, 0) is 31.4 Å². The van der Waals surface area contributed by atoms with Gasteiger partial charge < -0.3 is 14.8 Å². The van der Waals surface area contributed by atoms with E-state index in [0.29, 0.717) is 17.1 Å². The highest BCUT2D eigenvalue weighted by Gasteiger charge is 2.21. The van der Waals surface area contributed by atoms with Gasteiger partial charge >= 0.3 is 0 Å². The Morgan fingerprint density at radius 1 is 1.45 bits per heavy atom. The van der Waals surface area contributed by atoms with Gasteiger partial charge in [-0.1, -0.05) is 5.16 Å². The van der Waals surface area contributed by atoms with Crippen LogP contribution in [-0.4, -0.2) is 14.7 Å². The summed E-state index contributed by atoms with van der Waals surface area (Å²) in [6, 6.07) is 3.73. The predicted octanol–water partition coefficient (Wildman–Crippen LogP) is 1.69. The van der Waals surface area contributed by atoms with Crippen LogP contribution in [0.4, 0.5) is 0 Å². The number of hydrogen-bond acceptors (Lipinski definition) is 6. The maximum Gasteiger partial charge on any atom is 0.259 e. The molecule has 3 rings (SSSR count). The second-order valence-corrected chi connectivity index (χ2v) is 6.13. The largest absolute Gasteiger partial charge is 0.337 e. The first-order valence-electron chi connectivity index (χ1n) is 6.14. The molecule has 0 saturated carbocycles. The molecule has 0 aliphatic rings. The zero-order valence-corrected chi connectivity index (χ0v) is 12.0. The van der Waals surface area contributed by atoms with Crippen molar-refractivity contribution in [2.45, 2.75) is 25.9 Å². The number of aromatic nitrogens is 3.